The second-order valence-electron chi connectivity index (χ2n) is 9.24. The van der Waals surface area contributed by atoms with Crippen LogP contribution in [-0.4, -0.2) is 56.5 Å². The summed E-state index contributed by atoms with van der Waals surface area (Å²) in [6, 6.07) is 10.9. The standard InChI is InChI=1S/C28H35NO6/c1-32-20-10-11-21(24(18-20)34-3)27-22-7-5-6-14-28(22,31)15-16-29(27)26(30)13-9-19-8-12-23(33-2)25(17-19)35-4/h8-13,17-18,22,27,31H,5-7,14-16H2,1-4H3/t22-,27-,28+/m1/s1. The Morgan fingerprint density at radius 3 is 2.43 bits per heavy atom. The predicted octanol–water partition coefficient (Wildman–Crippen LogP) is 4.63. The van der Waals surface area contributed by atoms with Gasteiger partial charge in [0.25, 0.3) is 0 Å². The summed E-state index contributed by atoms with van der Waals surface area (Å²) in [6.45, 7) is 0.474. The molecule has 2 aliphatic rings. The maximum atomic E-state index is 13.6. The lowest BCUT2D eigenvalue weighted by Crippen LogP contribution is -2.56. The number of hydrogen-bond acceptors (Lipinski definition) is 6. The van der Waals surface area contributed by atoms with Gasteiger partial charge in [0.1, 0.15) is 11.5 Å². The Kier molecular flexibility index (Phi) is 7.55. The number of aliphatic hydroxyl groups is 1. The number of nitrogens with zero attached hydrogens (tertiary/aromatic N) is 1. The molecule has 7 nitrogen and oxygen atoms in total. The molecule has 2 aromatic carbocycles. The molecule has 7 heteroatoms. The van der Waals surface area contributed by atoms with Crippen LogP contribution >= 0.6 is 0 Å². The molecule has 0 aromatic heterocycles. The minimum absolute atomic E-state index is 0.0641. The molecule has 0 bridgehead atoms. The van der Waals surface area contributed by atoms with E-state index < -0.39 is 5.60 Å². The molecule has 0 spiro atoms. The number of rotatable bonds is 7. The van der Waals surface area contributed by atoms with Crippen LogP contribution < -0.4 is 18.9 Å². The largest absolute Gasteiger partial charge is 0.497 e. The monoisotopic (exact) mass is 481 g/mol. The number of piperidine rings is 1. The van der Waals surface area contributed by atoms with E-state index in [0.717, 1.165) is 36.8 Å². The Hall–Kier alpha value is -3.19. The number of fused-ring (bicyclic) bond motifs is 1. The van der Waals surface area contributed by atoms with E-state index in [2.05, 4.69) is 0 Å². The average Bonchev–Trinajstić information content (AvgIpc) is 2.90. The van der Waals surface area contributed by atoms with Crippen molar-refractivity contribution in [2.24, 2.45) is 5.92 Å². The normalized spacial score (nSPS) is 24.1. The Morgan fingerprint density at radius 2 is 1.71 bits per heavy atom. The van der Waals surface area contributed by atoms with Gasteiger partial charge in [0, 0.05) is 30.2 Å². The first-order valence-corrected chi connectivity index (χ1v) is 12.1. The fourth-order valence-corrected chi connectivity index (χ4v) is 5.60. The molecule has 1 N–H and O–H groups in total. The molecule has 1 heterocycles. The number of amides is 1. The van der Waals surface area contributed by atoms with Crippen molar-refractivity contribution in [3.05, 3.63) is 53.6 Å². The number of benzene rings is 2. The van der Waals surface area contributed by atoms with Gasteiger partial charge < -0.3 is 29.0 Å². The second-order valence-corrected chi connectivity index (χ2v) is 9.24. The highest BCUT2D eigenvalue weighted by Gasteiger charge is 2.50. The number of ether oxygens (including phenoxy) is 4. The number of carbonyl (C=O) groups is 1. The van der Waals surface area contributed by atoms with Crippen molar-refractivity contribution < 1.29 is 28.8 Å². The molecule has 1 saturated carbocycles. The smallest absolute Gasteiger partial charge is 0.247 e. The van der Waals surface area contributed by atoms with Gasteiger partial charge in [-0.1, -0.05) is 18.9 Å². The van der Waals surface area contributed by atoms with Crippen LogP contribution in [0.2, 0.25) is 0 Å². The van der Waals surface area contributed by atoms with Gasteiger partial charge in [-0.25, -0.2) is 0 Å². The summed E-state index contributed by atoms with van der Waals surface area (Å²) in [6.07, 6.45) is 7.61. The van der Waals surface area contributed by atoms with Gasteiger partial charge >= 0.3 is 0 Å². The van der Waals surface area contributed by atoms with Crippen LogP contribution in [-0.2, 0) is 4.79 Å². The molecule has 3 atom stereocenters. The lowest BCUT2D eigenvalue weighted by molar-refractivity contribution is -0.151. The molecule has 1 aliphatic heterocycles. The molecule has 35 heavy (non-hydrogen) atoms. The van der Waals surface area contributed by atoms with Crippen molar-refractivity contribution in [2.75, 3.05) is 35.0 Å². The zero-order valence-corrected chi connectivity index (χ0v) is 21.0. The van der Waals surface area contributed by atoms with Gasteiger partial charge in [-0.15, -0.1) is 0 Å². The van der Waals surface area contributed by atoms with Crippen molar-refractivity contribution in [3.8, 4) is 23.0 Å². The van der Waals surface area contributed by atoms with Crippen molar-refractivity contribution >= 4 is 12.0 Å². The van der Waals surface area contributed by atoms with Gasteiger partial charge in [-0.2, -0.15) is 0 Å². The predicted molar refractivity (Wildman–Crippen MR) is 134 cm³/mol. The molecule has 4 rings (SSSR count). The summed E-state index contributed by atoms with van der Waals surface area (Å²) in [5.41, 5.74) is 0.949. The molecule has 0 radical (unpaired) electrons. The van der Waals surface area contributed by atoms with E-state index in [9.17, 15) is 9.90 Å². The summed E-state index contributed by atoms with van der Waals surface area (Å²) in [7, 11) is 6.41. The summed E-state index contributed by atoms with van der Waals surface area (Å²) in [4.78, 5) is 15.5. The Labute approximate surface area is 207 Å². The molecular weight excluding hydrogens is 446 g/mol. The maximum absolute atomic E-state index is 13.6. The van der Waals surface area contributed by atoms with E-state index >= 15 is 0 Å². The second kappa shape index (κ2) is 10.6. The quantitative estimate of drug-likeness (QED) is 0.581. The Bertz CT molecular complexity index is 1080. The average molecular weight is 482 g/mol. The van der Waals surface area contributed by atoms with Crippen LogP contribution in [0.5, 0.6) is 23.0 Å². The van der Waals surface area contributed by atoms with Crippen molar-refractivity contribution in [1.29, 1.82) is 0 Å². The molecule has 0 unspecified atom stereocenters. The van der Waals surface area contributed by atoms with Crippen LogP contribution in [0.25, 0.3) is 6.08 Å². The van der Waals surface area contributed by atoms with Crippen LogP contribution in [0.15, 0.2) is 42.5 Å². The third-order valence-electron chi connectivity index (χ3n) is 7.44. The van der Waals surface area contributed by atoms with Gasteiger partial charge in [0.05, 0.1) is 40.1 Å². The number of methoxy groups -OCH3 is 4. The number of hydrogen-bond donors (Lipinski definition) is 1. The minimum Gasteiger partial charge on any atom is -0.497 e. The van der Waals surface area contributed by atoms with Gasteiger partial charge in [-0.05, 0) is 55.2 Å². The minimum atomic E-state index is -0.780. The molecule has 1 saturated heterocycles. The molecular formula is C28H35NO6. The van der Waals surface area contributed by atoms with Crippen LogP contribution in [0, 0.1) is 5.92 Å². The van der Waals surface area contributed by atoms with Crippen LogP contribution in [0.3, 0.4) is 0 Å². The van der Waals surface area contributed by atoms with Crippen LogP contribution in [0.1, 0.15) is 49.3 Å². The fraction of sp³-hybridized carbons (Fsp3) is 0.464. The lowest BCUT2D eigenvalue weighted by atomic mass is 9.66. The SMILES string of the molecule is COc1ccc([C@@H]2[C@H]3CCCC[C@]3(O)CCN2C(=O)C=Cc2ccc(OC)c(OC)c2)c(OC)c1. The highest BCUT2D eigenvalue weighted by molar-refractivity contribution is 5.92. The highest BCUT2D eigenvalue weighted by Crippen LogP contribution is 2.51. The first-order valence-electron chi connectivity index (χ1n) is 12.1. The third kappa shape index (κ3) is 4.96. The summed E-state index contributed by atoms with van der Waals surface area (Å²) in [5, 5.41) is 11.6. The van der Waals surface area contributed by atoms with Gasteiger partial charge in [-0.3, -0.25) is 4.79 Å². The van der Waals surface area contributed by atoms with E-state index in [4.69, 9.17) is 18.9 Å². The maximum Gasteiger partial charge on any atom is 0.247 e. The molecule has 1 aliphatic carbocycles. The topological polar surface area (TPSA) is 77.5 Å². The van der Waals surface area contributed by atoms with Crippen LogP contribution in [0.4, 0.5) is 0 Å². The summed E-state index contributed by atoms with van der Waals surface area (Å²) >= 11 is 0. The van der Waals surface area contributed by atoms with E-state index in [1.54, 1.807) is 40.6 Å². The van der Waals surface area contributed by atoms with Crippen molar-refractivity contribution in [1.82, 2.24) is 4.90 Å². The summed E-state index contributed by atoms with van der Waals surface area (Å²) < 4.78 is 21.8. The third-order valence-corrected chi connectivity index (χ3v) is 7.44. The van der Waals surface area contributed by atoms with E-state index in [1.807, 2.05) is 41.3 Å². The first kappa shape index (κ1) is 24.9. The number of likely N-dealkylation sites (tertiary alicyclic amines) is 1. The Balaban J connectivity index is 1.68. The van der Waals surface area contributed by atoms with Crippen molar-refractivity contribution in [3.63, 3.8) is 0 Å². The zero-order chi connectivity index (χ0) is 25.0. The fourth-order valence-electron chi connectivity index (χ4n) is 5.60. The lowest BCUT2D eigenvalue weighted by Gasteiger charge is -2.52. The van der Waals surface area contributed by atoms with E-state index in [-0.39, 0.29) is 17.9 Å². The summed E-state index contributed by atoms with van der Waals surface area (Å²) in [5.74, 6) is 2.42. The zero-order valence-electron chi connectivity index (χ0n) is 21.0. The van der Waals surface area contributed by atoms with Gasteiger partial charge in [0.15, 0.2) is 11.5 Å². The first-order chi connectivity index (χ1) is 16.9. The number of carbonyl (C=O) groups excluding carboxylic acids is 1. The highest BCUT2D eigenvalue weighted by atomic mass is 16.5. The Morgan fingerprint density at radius 1 is 0.943 bits per heavy atom. The van der Waals surface area contributed by atoms with E-state index in [1.165, 1.54) is 0 Å². The molecule has 2 aromatic rings. The van der Waals surface area contributed by atoms with Crippen molar-refractivity contribution in [2.45, 2.75) is 43.7 Å². The van der Waals surface area contributed by atoms with Gasteiger partial charge in [0.2, 0.25) is 5.91 Å². The van der Waals surface area contributed by atoms with E-state index in [0.29, 0.717) is 36.0 Å². The molecule has 188 valence electrons. The molecule has 2 fully saturated rings. The molecule has 1 amide bonds.